The van der Waals surface area contributed by atoms with Gasteiger partial charge in [-0.2, -0.15) is 0 Å². The summed E-state index contributed by atoms with van der Waals surface area (Å²) in [7, 11) is 3.94. The summed E-state index contributed by atoms with van der Waals surface area (Å²) in [5.74, 6) is 0. The third kappa shape index (κ3) is 4.20. The van der Waals surface area contributed by atoms with Crippen LogP contribution < -0.4 is 4.90 Å². The van der Waals surface area contributed by atoms with Gasteiger partial charge >= 0.3 is 0 Å². The van der Waals surface area contributed by atoms with Crippen LogP contribution in [0.2, 0.25) is 0 Å². The van der Waals surface area contributed by atoms with Crippen LogP contribution in [0.1, 0.15) is 5.56 Å². The molecule has 0 fully saturated rings. The summed E-state index contributed by atoms with van der Waals surface area (Å²) >= 11 is 6.54. The number of nitrogens with zero attached hydrogens (tertiary/aromatic N) is 2. The van der Waals surface area contributed by atoms with Gasteiger partial charge in [0.2, 0.25) is 0 Å². The van der Waals surface area contributed by atoms with Crippen molar-refractivity contribution in [2.24, 2.45) is 0 Å². The van der Waals surface area contributed by atoms with Crippen LogP contribution in [0.15, 0.2) is 65.8 Å². The molecule has 0 spiro atoms. The highest BCUT2D eigenvalue weighted by molar-refractivity contribution is 6.32. The van der Waals surface area contributed by atoms with Crippen LogP contribution >= 0.6 is 11.6 Å². The van der Waals surface area contributed by atoms with Gasteiger partial charge in [0, 0.05) is 17.5 Å². The van der Waals surface area contributed by atoms with E-state index in [0.717, 1.165) is 11.4 Å². The predicted molar refractivity (Wildman–Crippen MR) is 91.9 cm³/mol. The minimum Gasteiger partial charge on any atom is -0.301 e. The zero-order valence-corrected chi connectivity index (χ0v) is 13.4. The molecule has 0 aliphatic rings. The van der Waals surface area contributed by atoms with Crippen molar-refractivity contribution in [3.05, 3.63) is 71.4 Å². The number of rotatable bonds is 4. The number of anilines is 2. The Hall–Kier alpha value is -2.06. The fourth-order valence-corrected chi connectivity index (χ4v) is 2.28. The molecule has 0 amide bonds. The second-order valence-electron chi connectivity index (χ2n) is 5.11. The van der Waals surface area contributed by atoms with Crippen molar-refractivity contribution in [3.8, 4) is 0 Å². The molecule has 0 bridgehead atoms. The van der Waals surface area contributed by atoms with Crippen LogP contribution in [0, 0.1) is 6.92 Å². The Morgan fingerprint density at radius 2 is 1.67 bits per heavy atom. The molecule has 0 N–H and O–H groups in total. The molecule has 2 aromatic carbocycles. The summed E-state index contributed by atoms with van der Waals surface area (Å²) < 4.78 is 1.96. The van der Waals surface area contributed by atoms with Crippen molar-refractivity contribution < 1.29 is 4.58 Å². The number of halogens is 1. The first-order valence-electron chi connectivity index (χ1n) is 6.87. The molecular formula is C18H20ClN2+. The van der Waals surface area contributed by atoms with Gasteiger partial charge < -0.3 is 4.90 Å². The Kier molecular flexibility index (Phi) is 5.18. The lowest BCUT2D eigenvalue weighted by atomic mass is 10.2. The van der Waals surface area contributed by atoms with E-state index in [0.29, 0.717) is 5.16 Å². The summed E-state index contributed by atoms with van der Waals surface area (Å²) in [5.41, 5.74) is 3.29. The lowest BCUT2D eigenvalue weighted by Crippen LogP contribution is -2.13. The molecule has 0 aromatic heterocycles. The smallest absolute Gasteiger partial charge is 0.165 e. The maximum absolute atomic E-state index is 6.54. The quantitative estimate of drug-likeness (QED) is 0.456. The van der Waals surface area contributed by atoms with Crippen LogP contribution in [-0.4, -0.2) is 24.9 Å². The zero-order valence-electron chi connectivity index (χ0n) is 12.6. The van der Waals surface area contributed by atoms with Crippen molar-refractivity contribution in [1.29, 1.82) is 0 Å². The molecule has 0 saturated heterocycles. The first-order valence-corrected chi connectivity index (χ1v) is 7.24. The van der Waals surface area contributed by atoms with Crippen molar-refractivity contribution >= 4 is 29.2 Å². The summed E-state index contributed by atoms with van der Waals surface area (Å²) in [4.78, 5) is 2.04. The molecular weight excluding hydrogens is 280 g/mol. The fraction of sp³-hybridized carbons (Fsp3) is 0.167. The Labute approximate surface area is 131 Å². The van der Waals surface area contributed by atoms with E-state index in [2.05, 4.69) is 25.1 Å². The zero-order chi connectivity index (χ0) is 15.2. The lowest BCUT2D eigenvalue weighted by molar-refractivity contribution is -0.458. The van der Waals surface area contributed by atoms with Gasteiger partial charge in [0.05, 0.1) is 0 Å². The van der Waals surface area contributed by atoms with Gasteiger partial charge in [0.1, 0.15) is 19.3 Å². The molecule has 0 radical (unpaired) electrons. The van der Waals surface area contributed by atoms with Gasteiger partial charge in [-0.3, -0.25) is 0 Å². The van der Waals surface area contributed by atoms with E-state index in [4.69, 9.17) is 11.6 Å². The minimum atomic E-state index is 0.653. The van der Waals surface area contributed by atoms with E-state index in [1.807, 2.05) is 72.3 Å². The van der Waals surface area contributed by atoms with E-state index in [1.54, 1.807) is 0 Å². The highest BCUT2D eigenvalue weighted by Crippen LogP contribution is 2.31. The Morgan fingerprint density at radius 3 is 2.29 bits per heavy atom. The Bertz CT molecular complexity index is 656. The molecule has 0 heterocycles. The van der Waals surface area contributed by atoms with E-state index < -0.39 is 0 Å². The highest BCUT2D eigenvalue weighted by atomic mass is 35.5. The molecule has 0 aliphatic carbocycles. The van der Waals surface area contributed by atoms with E-state index in [9.17, 15) is 0 Å². The SMILES string of the molecule is Cc1cccc(N(/C(Cl)=C/C=[N+](C)C)c2ccccc2)c1. The largest absolute Gasteiger partial charge is 0.301 e. The van der Waals surface area contributed by atoms with Crippen LogP contribution in [0.25, 0.3) is 0 Å². The molecule has 0 atom stereocenters. The minimum absolute atomic E-state index is 0.653. The number of aryl methyl sites for hydroxylation is 1. The van der Waals surface area contributed by atoms with Gasteiger partial charge in [-0.1, -0.05) is 41.9 Å². The monoisotopic (exact) mass is 299 g/mol. The maximum atomic E-state index is 6.54. The second-order valence-corrected chi connectivity index (χ2v) is 5.50. The van der Waals surface area contributed by atoms with Crippen LogP contribution in [0.4, 0.5) is 11.4 Å². The molecule has 3 heteroatoms. The summed E-state index contributed by atoms with van der Waals surface area (Å²) in [5, 5.41) is 0.653. The maximum Gasteiger partial charge on any atom is 0.165 e. The second kappa shape index (κ2) is 7.09. The first kappa shape index (κ1) is 15.3. The van der Waals surface area contributed by atoms with Crippen molar-refractivity contribution in [1.82, 2.24) is 0 Å². The highest BCUT2D eigenvalue weighted by Gasteiger charge is 2.12. The Balaban J connectivity index is 2.50. The number of para-hydroxylation sites is 1. The van der Waals surface area contributed by atoms with Crippen LogP contribution in [-0.2, 0) is 0 Å². The molecule has 0 saturated carbocycles. The molecule has 21 heavy (non-hydrogen) atoms. The van der Waals surface area contributed by atoms with E-state index in [1.165, 1.54) is 5.56 Å². The number of hydrogen-bond donors (Lipinski definition) is 0. The van der Waals surface area contributed by atoms with Crippen LogP contribution in [0.3, 0.4) is 0 Å². The summed E-state index contributed by atoms with van der Waals surface area (Å²) in [6, 6.07) is 18.4. The molecule has 2 aromatic rings. The van der Waals surface area contributed by atoms with Gasteiger partial charge in [-0.15, -0.1) is 0 Å². The Morgan fingerprint density at radius 1 is 1.00 bits per heavy atom. The van der Waals surface area contributed by atoms with Gasteiger partial charge in [-0.05, 0) is 36.8 Å². The average molecular weight is 300 g/mol. The predicted octanol–water partition coefficient (Wildman–Crippen LogP) is 4.56. The van der Waals surface area contributed by atoms with Crippen molar-refractivity contribution in [2.45, 2.75) is 6.92 Å². The number of benzene rings is 2. The van der Waals surface area contributed by atoms with Gasteiger partial charge in [0.15, 0.2) is 6.21 Å². The number of allylic oxidation sites excluding steroid dienone is 1. The van der Waals surface area contributed by atoms with Gasteiger partial charge in [-0.25, -0.2) is 4.58 Å². The molecule has 108 valence electrons. The third-order valence-corrected chi connectivity index (χ3v) is 3.29. The molecule has 2 nitrogen and oxygen atoms in total. The molecule has 0 aliphatic heterocycles. The molecule has 0 unspecified atom stereocenters. The average Bonchev–Trinajstić information content (AvgIpc) is 2.46. The van der Waals surface area contributed by atoms with E-state index >= 15 is 0 Å². The lowest BCUT2D eigenvalue weighted by Gasteiger charge is -2.24. The van der Waals surface area contributed by atoms with Gasteiger partial charge in [0.25, 0.3) is 0 Å². The normalized spacial score (nSPS) is 11.1. The van der Waals surface area contributed by atoms with Crippen molar-refractivity contribution in [2.75, 3.05) is 19.0 Å². The standard InChI is InChI=1S/C18H20ClN2/c1-15-8-7-11-17(14-15)21(16-9-5-4-6-10-16)18(19)12-13-20(2)3/h4-14H,1-3H3/q+1. The van der Waals surface area contributed by atoms with Crippen molar-refractivity contribution in [3.63, 3.8) is 0 Å². The van der Waals surface area contributed by atoms with E-state index in [-0.39, 0.29) is 0 Å². The summed E-state index contributed by atoms with van der Waals surface area (Å²) in [6.07, 6.45) is 3.84. The fourth-order valence-electron chi connectivity index (χ4n) is 2.02. The summed E-state index contributed by atoms with van der Waals surface area (Å²) in [6.45, 7) is 2.08. The topological polar surface area (TPSA) is 6.25 Å². The third-order valence-electron chi connectivity index (χ3n) is 3.00. The first-order chi connectivity index (χ1) is 10.1. The molecule has 2 rings (SSSR count). The van der Waals surface area contributed by atoms with Crippen LogP contribution in [0.5, 0.6) is 0 Å². The number of hydrogen-bond acceptors (Lipinski definition) is 1.